The predicted octanol–water partition coefficient (Wildman–Crippen LogP) is 2.33. The molecule has 2 atom stereocenters. The lowest BCUT2D eigenvalue weighted by atomic mass is 9.94. The third kappa shape index (κ3) is 3.21. The molecule has 0 saturated heterocycles. The van der Waals surface area contributed by atoms with Gasteiger partial charge in [0.05, 0.1) is 17.5 Å². The highest BCUT2D eigenvalue weighted by Crippen LogP contribution is 2.22. The van der Waals surface area contributed by atoms with Crippen LogP contribution in [0.4, 0.5) is 0 Å². The van der Waals surface area contributed by atoms with Crippen molar-refractivity contribution in [1.29, 1.82) is 0 Å². The van der Waals surface area contributed by atoms with Crippen molar-refractivity contribution in [3.05, 3.63) is 52.5 Å². The average molecular weight is 290 g/mol. The minimum atomic E-state index is -0.961. The number of carbonyl (C=O) groups is 2. The molecule has 0 fully saturated rings. The van der Waals surface area contributed by atoms with Crippen LogP contribution in [0.1, 0.15) is 29.0 Å². The van der Waals surface area contributed by atoms with E-state index in [1.807, 2.05) is 18.2 Å². The molecule has 1 amide bonds. The van der Waals surface area contributed by atoms with Crippen LogP contribution in [0, 0.1) is 5.92 Å². The first kappa shape index (κ1) is 14.2. The number of nitrogens with one attached hydrogen (secondary N) is 1. The molecule has 2 rings (SSSR count). The van der Waals surface area contributed by atoms with Crippen LogP contribution in [0.25, 0.3) is 0 Å². The number of amides is 1. The van der Waals surface area contributed by atoms with Gasteiger partial charge in [0.25, 0.3) is 5.91 Å². The second kappa shape index (κ2) is 6.29. The van der Waals surface area contributed by atoms with Crippen LogP contribution in [0.2, 0.25) is 0 Å². The summed E-state index contributed by atoms with van der Waals surface area (Å²) in [5.41, 5.74) is 2.62. The van der Waals surface area contributed by atoms with Gasteiger partial charge in [-0.25, -0.2) is 4.98 Å². The molecule has 6 heteroatoms. The van der Waals surface area contributed by atoms with Gasteiger partial charge in [-0.1, -0.05) is 30.3 Å². The lowest BCUT2D eigenvalue weighted by molar-refractivity contribution is -0.142. The number of nitrogens with zero attached hydrogens (tertiary/aromatic N) is 1. The van der Waals surface area contributed by atoms with E-state index in [-0.39, 0.29) is 5.91 Å². The second-order valence-corrected chi connectivity index (χ2v) is 5.08. The molecule has 1 heterocycles. The zero-order valence-electron chi connectivity index (χ0n) is 10.8. The van der Waals surface area contributed by atoms with E-state index in [2.05, 4.69) is 10.3 Å². The summed E-state index contributed by atoms with van der Waals surface area (Å²) in [6, 6.07) is 8.46. The van der Waals surface area contributed by atoms with Crippen molar-refractivity contribution in [3.8, 4) is 0 Å². The van der Waals surface area contributed by atoms with Gasteiger partial charge in [0, 0.05) is 5.38 Å². The van der Waals surface area contributed by atoms with E-state index in [0.29, 0.717) is 5.69 Å². The Labute approximate surface area is 120 Å². The minimum absolute atomic E-state index is 0.300. The molecule has 0 radical (unpaired) electrons. The van der Waals surface area contributed by atoms with Crippen LogP contribution in [0.15, 0.2) is 41.2 Å². The first-order valence-corrected chi connectivity index (χ1v) is 7.00. The van der Waals surface area contributed by atoms with Gasteiger partial charge in [0.1, 0.15) is 5.69 Å². The number of carboxylic acid groups (broad SMARTS) is 1. The van der Waals surface area contributed by atoms with Gasteiger partial charge in [0.2, 0.25) is 0 Å². The Morgan fingerprint density at radius 2 is 2.00 bits per heavy atom. The molecule has 0 saturated carbocycles. The number of benzene rings is 1. The Bertz CT molecular complexity index is 584. The van der Waals surface area contributed by atoms with E-state index in [9.17, 15) is 14.7 Å². The van der Waals surface area contributed by atoms with E-state index < -0.39 is 17.9 Å². The highest BCUT2D eigenvalue weighted by atomic mass is 32.1. The first-order chi connectivity index (χ1) is 9.59. The van der Waals surface area contributed by atoms with Crippen molar-refractivity contribution < 1.29 is 14.7 Å². The van der Waals surface area contributed by atoms with Crippen LogP contribution in [-0.4, -0.2) is 22.0 Å². The Balaban J connectivity index is 2.24. The van der Waals surface area contributed by atoms with Gasteiger partial charge in [0.15, 0.2) is 0 Å². The third-order valence-corrected chi connectivity index (χ3v) is 3.59. The number of carbonyl (C=O) groups excluding carboxylic acids is 1. The van der Waals surface area contributed by atoms with Crippen molar-refractivity contribution in [1.82, 2.24) is 10.3 Å². The van der Waals surface area contributed by atoms with Crippen LogP contribution < -0.4 is 5.32 Å². The van der Waals surface area contributed by atoms with E-state index in [1.165, 1.54) is 11.3 Å². The summed E-state index contributed by atoms with van der Waals surface area (Å²) in [7, 11) is 0. The molecule has 0 aliphatic carbocycles. The zero-order valence-corrected chi connectivity index (χ0v) is 11.6. The normalized spacial score (nSPS) is 13.4. The smallest absolute Gasteiger partial charge is 0.308 e. The Morgan fingerprint density at radius 3 is 2.55 bits per heavy atom. The highest BCUT2D eigenvalue weighted by Gasteiger charge is 2.27. The van der Waals surface area contributed by atoms with Crippen LogP contribution in [-0.2, 0) is 4.79 Å². The summed E-state index contributed by atoms with van der Waals surface area (Å²) in [4.78, 5) is 27.2. The summed E-state index contributed by atoms with van der Waals surface area (Å²) in [6.07, 6.45) is 0. The molecule has 2 aromatic rings. The fourth-order valence-corrected chi connectivity index (χ4v) is 2.37. The standard InChI is InChI=1S/C14H14N2O3S/c1-9(14(18)19)12(10-5-3-2-4-6-10)16-13(17)11-7-20-8-15-11/h2-9,12H,1H3,(H,16,17)(H,18,19)/t9-,12-/m0/s1. The van der Waals surface area contributed by atoms with Gasteiger partial charge in [-0.15, -0.1) is 11.3 Å². The molecule has 0 bridgehead atoms. The minimum Gasteiger partial charge on any atom is -0.481 e. The topological polar surface area (TPSA) is 79.3 Å². The molecule has 0 unspecified atom stereocenters. The van der Waals surface area contributed by atoms with Crippen LogP contribution in [0.3, 0.4) is 0 Å². The third-order valence-electron chi connectivity index (χ3n) is 3.00. The van der Waals surface area contributed by atoms with Crippen molar-refractivity contribution in [2.24, 2.45) is 5.92 Å². The monoisotopic (exact) mass is 290 g/mol. The van der Waals surface area contributed by atoms with E-state index in [1.54, 1.807) is 29.9 Å². The molecule has 0 spiro atoms. The number of carboxylic acids is 1. The summed E-state index contributed by atoms with van der Waals surface area (Å²) in [6.45, 7) is 1.57. The number of hydrogen-bond acceptors (Lipinski definition) is 4. The first-order valence-electron chi connectivity index (χ1n) is 6.06. The lowest BCUT2D eigenvalue weighted by Crippen LogP contribution is -2.35. The van der Waals surface area contributed by atoms with Crippen molar-refractivity contribution in [3.63, 3.8) is 0 Å². The summed E-state index contributed by atoms with van der Waals surface area (Å²) in [5.74, 6) is -2.06. The lowest BCUT2D eigenvalue weighted by Gasteiger charge is -2.22. The van der Waals surface area contributed by atoms with Gasteiger partial charge < -0.3 is 10.4 Å². The fourth-order valence-electron chi connectivity index (χ4n) is 1.84. The molecular weight excluding hydrogens is 276 g/mol. The summed E-state index contributed by atoms with van der Waals surface area (Å²) in [5, 5.41) is 13.6. The largest absolute Gasteiger partial charge is 0.481 e. The number of aromatic nitrogens is 1. The maximum absolute atomic E-state index is 12.1. The van der Waals surface area contributed by atoms with Crippen molar-refractivity contribution in [2.45, 2.75) is 13.0 Å². The molecule has 0 aliphatic heterocycles. The van der Waals surface area contributed by atoms with E-state index in [4.69, 9.17) is 0 Å². The quantitative estimate of drug-likeness (QED) is 0.885. The maximum Gasteiger partial charge on any atom is 0.308 e. The Morgan fingerprint density at radius 1 is 1.30 bits per heavy atom. The average Bonchev–Trinajstić information content (AvgIpc) is 2.99. The van der Waals surface area contributed by atoms with Crippen LogP contribution >= 0.6 is 11.3 Å². The summed E-state index contributed by atoms with van der Waals surface area (Å²) >= 11 is 1.32. The predicted molar refractivity (Wildman–Crippen MR) is 75.6 cm³/mol. The number of thiazole rings is 1. The Hall–Kier alpha value is -2.21. The zero-order chi connectivity index (χ0) is 14.5. The molecule has 20 heavy (non-hydrogen) atoms. The second-order valence-electron chi connectivity index (χ2n) is 4.36. The SMILES string of the molecule is C[C@H](C(=O)O)[C@H](NC(=O)c1cscn1)c1ccccc1. The summed E-state index contributed by atoms with van der Waals surface area (Å²) < 4.78 is 0. The molecule has 104 valence electrons. The van der Waals surface area contributed by atoms with Crippen molar-refractivity contribution >= 4 is 23.2 Å². The van der Waals surface area contributed by atoms with Gasteiger partial charge >= 0.3 is 5.97 Å². The van der Waals surface area contributed by atoms with Gasteiger partial charge in [-0.05, 0) is 12.5 Å². The van der Waals surface area contributed by atoms with Crippen molar-refractivity contribution in [2.75, 3.05) is 0 Å². The van der Waals surface area contributed by atoms with Crippen LogP contribution in [0.5, 0.6) is 0 Å². The Kier molecular flexibility index (Phi) is 4.47. The van der Waals surface area contributed by atoms with Gasteiger partial charge in [-0.2, -0.15) is 0 Å². The highest BCUT2D eigenvalue weighted by molar-refractivity contribution is 7.07. The molecular formula is C14H14N2O3S. The van der Waals surface area contributed by atoms with E-state index in [0.717, 1.165) is 5.56 Å². The van der Waals surface area contributed by atoms with Gasteiger partial charge in [-0.3, -0.25) is 9.59 Å². The number of rotatable bonds is 5. The molecule has 1 aromatic carbocycles. The molecule has 1 aromatic heterocycles. The van der Waals surface area contributed by atoms with E-state index >= 15 is 0 Å². The molecule has 5 nitrogen and oxygen atoms in total. The maximum atomic E-state index is 12.1. The number of aliphatic carboxylic acids is 1. The molecule has 0 aliphatic rings. The molecule has 2 N–H and O–H groups in total. The fraction of sp³-hybridized carbons (Fsp3) is 0.214. The number of hydrogen-bond donors (Lipinski definition) is 2.